The number of allylic oxidation sites excluding steroid dienone is 1. The van der Waals surface area contributed by atoms with Gasteiger partial charge in [-0.15, -0.1) is 6.58 Å². The number of unbranched alkanes of at least 4 members (excludes halogenated alkanes) is 3. The van der Waals surface area contributed by atoms with E-state index in [4.69, 9.17) is 10.6 Å². The quantitative estimate of drug-likeness (QED) is 0.309. The molecule has 1 unspecified atom stereocenters. The second-order valence-corrected chi connectivity index (χ2v) is 4.89. The molecule has 0 saturated carbocycles. The normalized spacial score (nSPS) is 12.2. The zero-order valence-corrected chi connectivity index (χ0v) is 12.1. The molecule has 19 heavy (non-hydrogen) atoms. The molecule has 0 amide bonds. The Balaban J connectivity index is 2.61. The van der Waals surface area contributed by atoms with E-state index in [-0.39, 0.29) is 6.04 Å². The zero-order valence-electron chi connectivity index (χ0n) is 12.1. The molecule has 1 aromatic rings. The molecule has 106 valence electrons. The fourth-order valence-corrected chi connectivity index (χ4v) is 2.25. The number of hydrogen-bond acceptors (Lipinski definition) is 3. The second kappa shape index (κ2) is 8.73. The van der Waals surface area contributed by atoms with Crippen LogP contribution in [-0.4, -0.2) is 7.11 Å². The van der Waals surface area contributed by atoms with Crippen molar-refractivity contribution in [3.05, 3.63) is 42.0 Å². The molecule has 0 fully saturated rings. The van der Waals surface area contributed by atoms with Crippen molar-refractivity contribution in [1.82, 2.24) is 5.43 Å². The summed E-state index contributed by atoms with van der Waals surface area (Å²) in [6, 6.07) is 6.40. The summed E-state index contributed by atoms with van der Waals surface area (Å²) in [6.45, 7) is 5.80. The Labute approximate surface area is 116 Å². The molecule has 0 aliphatic rings. The van der Waals surface area contributed by atoms with Crippen LogP contribution in [0.25, 0.3) is 0 Å². The molecule has 0 aliphatic heterocycles. The van der Waals surface area contributed by atoms with Crippen LogP contribution >= 0.6 is 0 Å². The lowest BCUT2D eigenvalue weighted by Crippen LogP contribution is -2.28. The Morgan fingerprint density at radius 3 is 2.79 bits per heavy atom. The number of rotatable bonds is 9. The van der Waals surface area contributed by atoms with Gasteiger partial charge in [0.2, 0.25) is 0 Å². The van der Waals surface area contributed by atoms with Crippen LogP contribution in [0.2, 0.25) is 0 Å². The largest absolute Gasteiger partial charge is 0.496 e. The van der Waals surface area contributed by atoms with Crippen molar-refractivity contribution in [2.24, 2.45) is 5.84 Å². The molecular weight excluding hydrogens is 236 g/mol. The van der Waals surface area contributed by atoms with Gasteiger partial charge in [0, 0.05) is 11.6 Å². The Kier molecular flexibility index (Phi) is 7.23. The first kappa shape index (κ1) is 15.7. The van der Waals surface area contributed by atoms with E-state index in [0.29, 0.717) is 0 Å². The van der Waals surface area contributed by atoms with Crippen molar-refractivity contribution in [3.8, 4) is 5.75 Å². The van der Waals surface area contributed by atoms with E-state index in [9.17, 15) is 0 Å². The molecule has 0 aliphatic carbocycles. The highest BCUT2D eigenvalue weighted by atomic mass is 16.5. The van der Waals surface area contributed by atoms with Crippen LogP contribution in [0.5, 0.6) is 5.75 Å². The van der Waals surface area contributed by atoms with Crippen molar-refractivity contribution in [2.45, 2.75) is 45.1 Å². The van der Waals surface area contributed by atoms with Crippen LogP contribution in [0.1, 0.15) is 49.3 Å². The highest BCUT2D eigenvalue weighted by molar-refractivity contribution is 5.39. The summed E-state index contributed by atoms with van der Waals surface area (Å²) >= 11 is 0. The van der Waals surface area contributed by atoms with Crippen molar-refractivity contribution in [3.63, 3.8) is 0 Å². The molecule has 0 aromatic heterocycles. The summed E-state index contributed by atoms with van der Waals surface area (Å²) in [5, 5.41) is 0. The summed E-state index contributed by atoms with van der Waals surface area (Å²) < 4.78 is 5.45. The Morgan fingerprint density at radius 1 is 1.37 bits per heavy atom. The van der Waals surface area contributed by atoms with Crippen LogP contribution in [0.3, 0.4) is 0 Å². The van der Waals surface area contributed by atoms with E-state index < -0.39 is 0 Å². The first-order valence-corrected chi connectivity index (χ1v) is 6.94. The zero-order chi connectivity index (χ0) is 14.1. The fraction of sp³-hybridized carbons (Fsp3) is 0.500. The van der Waals surface area contributed by atoms with E-state index in [1.54, 1.807) is 7.11 Å². The van der Waals surface area contributed by atoms with Crippen molar-refractivity contribution in [1.29, 1.82) is 0 Å². The minimum Gasteiger partial charge on any atom is -0.496 e. The van der Waals surface area contributed by atoms with Crippen LogP contribution in [0.4, 0.5) is 0 Å². The van der Waals surface area contributed by atoms with Gasteiger partial charge in [-0.1, -0.05) is 31.1 Å². The molecule has 3 heteroatoms. The molecule has 1 atom stereocenters. The molecule has 0 bridgehead atoms. The third-order valence-corrected chi connectivity index (χ3v) is 3.37. The maximum atomic E-state index is 5.69. The maximum absolute atomic E-state index is 5.69. The molecule has 3 nitrogen and oxygen atoms in total. The standard InChI is InChI=1S/C16H26N2O/c1-4-5-6-7-8-9-15(18-17)14-11-10-13(2)12-16(14)19-3/h4,10-12,15,18H,1,5-9,17H2,2-3H3. The van der Waals surface area contributed by atoms with Crippen molar-refractivity contribution < 1.29 is 4.74 Å². The minimum absolute atomic E-state index is 0.152. The molecule has 1 rings (SSSR count). The number of methoxy groups -OCH3 is 1. The van der Waals surface area contributed by atoms with Gasteiger partial charge >= 0.3 is 0 Å². The fourth-order valence-electron chi connectivity index (χ4n) is 2.25. The van der Waals surface area contributed by atoms with E-state index in [2.05, 4.69) is 37.1 Å². The second-order valence-electron chi connectivity index (χ2n) is 4.89. The summed E-state index contributed by atoms with van der Waals surface area (Å²) in [5.41, 5.74) is 5.24. The third kappa shape index (κ3) is 5.05. The molecule has 1 aromatic carbocycles. The van der Waals surface area contributed by atoms with Crippen molar-refractivity contribution in [2.75, 3.05) is 7.11 Å². The Bertz CT molecular complexity index is 390. The lowest BCUT2D eigenvalue weighted by Gasteiger charge is -2.19. The lowest BCUT2D eigenvalue weighted by atomic mass is 9.98. The number of hydrogen-bond donors (Lipinski definition) is 2. The predicted molar refractivity (Wildman–Crippen MR) is 81.1 cm³/mol. The van der Waals surface area contributed by atoms with Gasteiger partial charge in [0.05, 0.1) is 7.11 Å². The maximum Gasteiger partial charge on any atom is 0.123 e. The van der Waals surface area contributed by atoms with Crippen molar-refractivity contribution >= 4 is 0 Å². The summed E-state index contributed by atoms with van der Waals surface area (Å²) in [4.78, 5) is 0. The lowest BCUT2D eigenvalue weighted by molar-refractivity contribution is 0.392. The summed E-state index contributed by atoms with van der Waals surface area (Å²) in [7, 11) is 1.70. The number of ether oxygens (including phenoxy) is 1. The highest BCUT2D eigenvalue weighted by Crippen LogP contribution is 2.29. The summed E-state index contributed by atoms with van der Waals surface area (Å²) in [6.07, 6.45) is 7.65. The number of aryl methyl sites for hydroxylation is 1. The average molecular weight is 262 g/mol. The predicted octanol–water partition coefficient (Wildman–Crippen LogP) is 3.64. The molecular formula is C16H26N2O. The van der Waals surface area contributed by atoms with Gasteiger partial charge in [-0.2, -0.15) is 0 Å². The number of hydrazine groups is 1. The van der Waals surface area contributed by atoms with Crippen LogP contribution in [-0.2, 0) is 0 Å². The first-order chi connectivity index (χ1) is 9.22. The Hall–Kier alpha value is -1.32. The number of nitrogens with two attached hydrogens (primary N) is 1. The van der Waals surface area contributed by atoms with Gasteiger partial charge in [0.1, 0.15) is 5.75 Å². The average Bonchev–Trinajstić information content (AvgIpc) is 2.43. The van der Waals surface area contributed by atoms with E-state index in [0.717, 1.165) is 30.6 Å². The highest BCUT2D eigenvalue weighted by Gasteiger charge is 2.14. The molecule has 0 spiro atoms. The first-order valence-electron chi connectivity index (χ1n) is 6.94. The van der Waals surface area contributed by atoms with Gasteiger partial charge in [-0.25, -0.2) is 0 Å². The molecule has 0 heterocycles. The van der Waals surface area contributed by atoms with Crippen LogP contribution in [0.15, 0.2) is 30.9 Å². The van der Waals surface area contributed by atoms with Crippen LogP contribution in [0, 0.1) is 6.92 Å². The Morgan fingerprint density at radius 2 is 2.16 bits per heavy atom. The minimum atomic E-state index is 0.152. The van der Waals surface area contributed by atoms with Gasteiger partial charge < -0.3 is 4.74 Å². The SMILES string of the molecule is C=CCCCCCC(NN)c1ccc(C)cc1OC. The van der Waals surface area contributed by atoms with Gasteiger partial charge in [-0.05, 0) is 37.8 Å². The smallest absolute Gasteiger partial charge is 0.123 e. The number of nitrogens with one attached hydrogen (secondary N) is 1. The molecule has 0 radical (unpaired) electrons. The van der Waals surface area contributed by atoms with E-state index in [1.807, 2.05) is 6.08 Å². The molecule has 3 N–H and O–H groups in total. The van der Waals surface area contributed by atoms with Crippen LogP contribution < -0.4 is 16.0 Å². The summed E-state index contributed by atoms with van der Waals surface area (Å²) in [5.74, 6) is 6.60. The molecule has 0 saturated heterocycles. The number of benzene rings is 1. The van der Waals surface area contributed by atoms with E-state index >= 15 is 0 Å². The monoisotopic (exact) mass is 262 g/mol. The van der Waals surface area contributed by atoms with E-state index in [1.165, 1.54) is 18.4 Å². The van der Waals surface area contributed by atoms with Gasteiger partial charge in [-0.3, -0.25) is 11.3 Å². The topological polar surface area (TPSA) is 47.3 Å². The van der Waals surface area contributed by atoms with Gasteiger partial charge in [0.25, 0.3) is 0 Å². The third-order valence-electron chi connectivity index (χ3n) is 3.37. The van der Waals surface area contributed by atoms with Gasteiger partial charge in [0.15, 0.2) is 0 Å².